The van der Waals surface area contributed by atoms with Crippen LogP contribution in [0.1, 0.15) is 32.7 Å². The van der Waals surface area contributed by atoms with Gasteiger partial charge in [-0.1, -0.05) is 12.1 Å². The van der Waals surface area contributed by atoms with Gasteiger partial charge in [0, 0.05) is 25.7 Å². The molecule has 2 N–H and O–H groups in total. The van der Waals surface area contributed by atoms with Crippen LogP contribution in [0.4, 0.5) is 23.2 Å². The summed E-state index contributed by atoms with van der Waals surface area (Å²) in [6.45, 7) is 0.813. The van der Waals surface area contributed by atoms with Gasteiger partial charge < -0.3 is 24.8 Å². The maximum atomic E-state index is 15.2. The molecule has 1 saturated heterocycles. The number of carboxylic acid groups (broad SMARTS) is 1. The van der Waals surface area contributed by atoms with Gasteiger partial charge in [0.15, 0.2) is 0 Å². The highest BCUT2D eigenvalue weighted by atomic mass is 19.4. The van der Waals surface area contributed by atoms with Crippen molar-refractivity contribution in [1.29, 1.82) is 0 Å². The second-order valence-corrected chi connectivity index (χ2v) is 10.6. The molecule has 44 heavy (non-hydrogen) atoms. The Labute approximate surface area is 247 Å². The third kappa shape index (κ3) is 5.84. The van der Waals surface area contributed by atoms with Gasteiger partial charge in [0.1, 0.15) is 17.9 Å². The van der Waals surface area contributed by atoms with Gasteiger partial charge in [-0.25, -0.2) is 18.5 Å². The number of hydrogen-bond acceptors (Lipinski definition) is 7. The van der Waals surface area contributed by atoms with Crippen molar-refractivity contribution < 1.29 is 41.7 Å². The molecule has 0 saturated carbocycles. The summed E-state index contributed by atoms with van der Waals surface area (Å²) in [7, 11) is 1.53. The molecule has 1 unspecified atom stereocenters. The number of halogens is 4. The van der Waals surface area contributed by atoms with Crippen LogP contribution in [0.15, 0.2) is 46.0 Å². The molecule has 234 valence electrons. The van der Waals surface area contributed by atoms with Crippen molar-refractivity contribution in [2.24, 2.45) is 7.05 Å². The summed E-state index contributed by atoms with van der Waals surface area (Å²) in [6, 6.07) is 4.47. The van der Waals surface area contributed by atoms with E-state index in [1.165, 1.54) is 48.9 Å². The molecule has 0 radical (unpaired) electrons. The van der Waals surface area contributed by atoms with Crippen molar-refractivity contribution in [2.45, 2.75) is 44.8 Å². The number of benzene rings is 2. The number of rotatable bonds is 7. The SMILES string of the molecule is Cc1cc(N2CCOC[C@@H]2C(F)(F)F)cc(F)c1C(=O)NC(Cc1ccc(-n2c(=O)c3c(n(C)c2=O)COC3)cc1)C(=O)O. The zero-order valence-corrected chi connectivity index (χ0v) is 23.6. The second-order valence-electron chi connectivity index (χ2n) is 10.6. The van der Waals surface area contributed by atoms with E-state index in [1.54, 1.807) is 0 Å². The topological polar surface area (TPSA) is 132 Å². The van der Waals surface area contributed by atoms with Gasteiger partial charge in [-0.15, -0.1) is 0 Å². The van der Waals surface area contributed by atoms with Crippen LogP contribution in [0.3, 0.4) is 0 Å². The molecule has 15 heteroatoms. The largest absolute Gasteiger partial charge is 0.480 e. The lowest BCUT2D eigenvalue weighted by Gasteiger charge is -2.38. The number of morpholine rings is 1. The Bertz CT molecular complexity index is 1710. The van der Waals surface area contributed by atoms with Crippen molar-refractivity contribution >= 4 is 17.6 Å². The van der Waals surface area contributed by atoms with Crippen LogP contribution in [-0.4, -0.2) is 64.1 Å². The normalized spacial score (nSPS) is 17.3. The molecule has 1 amide bonds. The average molecular weight is 621 g/mol. The summed E-state index contributed by atoms with van der Waals surface area (Å²) < 4.78 is 68.3. The van der Waals surface area contributed by atoms with Crippen molar-refractivity contribution in [2.75, 3.05) is 24.7 Å². The van der Waals surface area contributed by atoms with E-state index in [0.29, 0.717) is 16.8 Å². The molecule has 2 aliphatic heterocycles. The summed E-state index contributed by atoms with van der Waals surface area (Å²) >= 11 is 0. The summed E-state index contributed by atoms with van der Waals surface area (Å²) in [6.07, 6.45) is -4.86. The average Bonchev–Trinajstić information content (AvgIpc) is 3.46. The first-order valence-corrected chi connectivity index (χ1v) is 13.5. The van der Waals surface area contributed by atoms with E-state index in [4.69, 9.17) is 9.47 Å². The number of carbonyl (C=O) groups is 2. The molecule has 2 aliphatic rings. The number of nitrogens with one attached hydrogen (secondary N) is 1. The highest BCUT2D eigenvalue weighted by Gasteiger charge is 2.45. The number of aryl methyl sites for hydroxylation is 1. The van der Waals surface area contributed by atoms with Crippen LogP contribution in [0, 0.1) is 12.7 Å². The van der Waals surface area contributed by atoms with Gasteiger partial charge in [-0.3, -0.25) is 14.2 Å². The van der Waals surface area contributed by atoms with Crippen LogP contribution in [0.25, 0.3) is 5.69 Å². The lowest BCUT2D eigenvalue weighted by Crippen LogP contribution is -2.53. The third-order valence-corrected chi connectivity index (χ3v) is 7.75. The molecule has 0 spiro atoms. The van der Waals surface area contributed by atoms with Crippen molar-refractivity contribution in [3.05, 3.63) is 91.0 Å². The van der Waals surface area contributed by atoms with Crippen LogP contribution in [0.2, 0.25) is 0 Å². The molecule has 0 bridgehead atoms. The van der Waals surface area contributed by atoms with Crippen LogP contribution < -0.4 is 21.5 Å². The Hall–Kier alpha value is -4.50. The monoisotopic (exact) mass is 620 g/mol. The van der Waals surface area contributed by atoms with Crippen LogP contribution in [0.5, 0.6) is 0 Å². The fraction of sp³-hybridized carbons (Fsp3) is 0.379. The standard InChI is InChI=1S/C29H28F4N4O7/c1-15-9-18(36-7-8-43-14-23(36)29(31,32)33)11-20(30)24(15)25(38)34-21(27(40)41)10-16-3-5-17(6-4-16)37-26(39)19-12-44-13-22(19)35(2)28(37)42/h3-6,9,11,21,23H,7-8,10,12-14H2,1-2H3,(H,34,38)(H,40,41)/t21?,23-/m1/s1. The lowest BCUT2D eigenvalue weighted by molar-refractivity contribution is -0.167. The van der Waals surface area contributed by atoms with E-state index in [-0.39, 0.29) is 49.7 Å². The number of amides is 1. The Morgan fingerprint density at radius 1 is 1.09 bits per heavy atom. The first kappa shape index (κ1) is 30.9. The van der Waals surface area contributed by atoms with Gasteiger partial charge in [0.2, 0.25) is 0 Å². The van der Waals surface area contributed by atoms with Crippen LogP contribution >= 0.6 is 0 Å². The second kappa shape index (κ2) is 11.9. The summed E-state index contributed by atoms with van der Waals surface area (Å²) in [5, 5.41) is 12.1. The Morgan fingerprint density at radius 3 is 2.43 bits per heavy atom. The molecular weight excluding hydrogens is 592 g/mol. The molecule has 0 aliphatic carbocycles. The van der Waals surface area contributed by atoms with E-state index in [0.717, 1.165) is 15.5 Å². The zero-order valence-electron chi connectivity index (χ0n) is 23.6. The number of fused-ring (bicyclic) bond motifs is 1. The molecule has 3 aromatic rings. The van der Waals surface area contributed by atoms with E-state index in [1.807, 2.05) is 0 Å². The molecular formula is C29H28F4N4O7. The van der Waals surface area contributed by atoms with Crippen molar-refractivity contribution in [1.82, 2.24) is 14.5 Å². The number of carbonyl (C=O) groups excluding carboxylic acids is 1. The fourth-order valence-electron chi connectivity index (χ4n) is 5.43. The molecule has 3 heterocycles. The summed E-state index contributed by atoms with van der Waals surface area (Å²) in [5.41, 5.74) is -0.116. The minimum Gasteiger partial charge on any atom is -0.480 e. The lowest BCUT2D eigenvalue weighted by atomic mass is 10.0. The van der Waals surface area contributed by atoms with Crippen molar-refractivity contribution in [3.63, 3.8) is 0 Å². The van der Waals surface area contributed by atoms with Gasteiger partial charge in [-0.2, -0.15) is 13.2 Å². The smallest absolute Gasteiger partial charge is 0.411 e. The number of anilines is 1. The maximum absolute atomic E-state index is 15.2. The highest BCUT2D eigenvalue weighted by molar-refractivity contribution is 5.98. The summed E-state index contributed by atoms with van der Waals surface area (Å²) in [5.74, 6) is -3.58. The number of aliphatic carboxylic acids is 1. The number of alkyl halides is 3. The molecule has 2 aromatic carbocycles. The molecule has 5 rings (SSSR count). The first-order chi connectivity index (χ1) is 20.8. The van der Waals surface area contributed by atoms with Crippen molar-refractivity contribution in [3.8, 4) is 5.69 Å². The van der Waals surface area contributed by atoms with Gasteiger partial charge in [0.25, 0.3) is 11.5 Å². The molecule has 2 atom stereocenters. The van der Waals surface area contributed by atoms with E-state index >= 15 is 4.39 Å². The fourth-order valence-corrected chi connectivity index (χ4v) is 5.43. The van der Waals surface area contributed by atoms with E-state index < -0.39 is 59.4 Å². The van der Waals surface area contributed by atoms with E-state index in [9.17, 15) is 37.5 Å². The number of ether oxygens (including phenoxy) is 2. The predicted octanol–water partition coefficient (Wildman–Crippen LogP) is 2.21. The predicted molar refractivity (Wildman–Crippen MR) is 148 cm³/mol. The minimum absolute atomic E-state index is 0.00637. The minimum atomic E-state index is -4.63. The number of carboxylic acids is 1. The van der Waals surface area contributed by atoms with E-state index in [2.05, 4.69) is 5.32 Å². The van der Waals surface area contributed by atoms with Gasteiger partial charge in [0.05, 0.1) is 48.9 Å². The number of nitrogens with zero attached hydrogens (tertiary/aromatic N) is 3. The molecule has 1 aromatic heterocycles. The number of aromatic nitrogens is 2. The quantitative estimate of drug-likeness (QED) is 0.385. The van der Waals surface area contributed by atoms with Crippen LogP contribution in [-0.2, 0) is 41.0 Å². The number of hydrogen-bond donors (Lipinski definition) is 2. The third-order valence-electron chi connectivity index (χ3n) is 7.75. The Balaban J connectivity index is 1.34. The van der Waals surface area contributed by atoms with Gasteiger partial charge >= 0.3 is 17.8 Å². The Morgan fingerprint density at radius 2 is 1.80 bits per heavy atom. The Kier molecular flexibility index (Phi) is 8.36. The maximum Gasteiger partial charge on any atom is 0.411 e. The molecule has 11 nitrogen and oxygen atoms in total. The highest BCUT2D eigenvalue weighted by Crippen LogP contribution is 2.33. The zero-order chi connectivity index (χ0) is 31.9. The molecule has 1 fully saturated rings. The first-order valence-electron chi connectivity index (χ1n) is 13.5. The van der Waals surface area contributed by atoms with Gasteiger partial charge in [-0.05, 0) is 42.3 Å². The summed E-state index contributed by atoms with van der Waals surface area (Å²) in [4.78, 5) is 51.8.